The number of nitrogens with zero attached hydrogens (tertiary/aromatic N) is 3. The Morgan fingerprint density at radius 3 is 2.08 bits per heavy atom. The maximum atomic E-state index is 13.8. The molecule has 0 aliphatic heterocycles. The Hall–Kier alpha value is -3.07. The molecule has 0 N–H and O–H groups in total. The van der Waals surface area contributed by atoms with E-state index in [1.165, 1.54) is 11.3 Å². The number of carbonyl (C=O) groups excluding carboxylic acids is 1. The number of amides is 1. The maximum Gasteiger partial charge on any atom is 0.260 e. The Kier molecular flexibility index (Phi) is 8.65. The van der Waals surface area contributed by atoms with E-state index in [0.717, 1.165) is 21.3 Å². The number of benzene rings is 3. The van der Waals surface area contributed by atoms with Crippen molar-refractivity contribution in [3.63, 3.8) is 0 Å². The second kappa shape index (κ2) is 11.8. The number of sulfonamides is 1. The Bertz CT molecular complexity index is 1490. The van der Waals surface area contributed by atoms with Gasteiger partial charge in [-0.2, -0.15) is 4.31 Å². The first kappa shape index (κ1) is 28.0. The summed E-state index contributed by atoms with van der Waals surface area (Å²) in [5.74, 6) is 0.178. The minimum atomic E-state index is -3.68. The molecule has 0 spiro atoms. The fourth-order valence-corrected chi connectivity index (χ4v) is 7.15. The molecule has 3 aromatic carbocycles. The molecule has 200 valence electrons. The van der Waals surface area contributed by atoms with Crippen molar-refractivity contribution in [3.8, 4) is 0 Å². The fourth-order valence-electron chi connectivity index (χ4n) is 4.34. The molecule has 0 aliphatic rings. The number of carbonyl (C=O) groups is 1. The number of fused-ring (bicyclic) bond motifs is 1. The lowest BCUT2D eigenvalue weighted by molar-refractivity contribution is 0.0985. The third-order valence-corrected chi connectivity index (χ3v) is 9.04. The smallest absolute Gasteiger partial charge is 0.260 e. The summed E-state index contributed by atoms with van der Waals surface area (Å²) >= 11 is 1.48. The molecule has 0 aliphatic carbocycles. The van der Waals surface area contributed by atoms with Crippen molar-refractivity contribution in [2.75, 3.05) is 18.0 Å². The van der Waals surface area contributed by atoms with Gasteiger partial charge in [-0.05, 0) is 60.2 Å². The molecule has 0 radical (unpaired) electrons. The number of anilines is 1. The molecule has 1 aromatic heterocycles. The van der Waals surface area contributed by atoms with E-state index in [1.807, 2.05) is 83.1 Å². The van der Waals surface area contributed by atoms with Gasteiger partial charge in [0.2, 0.25) is 10.0 Å². The van der Waals surface area contributed by atoms with Crippen molar-refractivity contribution in [2.24, 2.45) is 11.8 Å². The van der Waals surface area contributed by atoms with Gasteiger partial charge in [0.15, 0.2) is 5.13 Å². The molecule has 8 heteroatoms. The molecular formula is C30H35N3O3S2. The van der Waals surface area contributed by atoms with E-state index in [4.69, 9.17) is 4.98 Å². The summed E-state index contributed by atoms with van der Waals surface area (Å²) < 4.78 is 29.4. The summed E-state index contributed by atoms with van der Waals surface area (Å²) in [6, 6.07) is 22.1. The second-order valence-electron chi connectivity index (χ2n) is 10.4. The minimum Gasteiger partial charge on any atom is -0.279 e. The third-order valence-electron chi connectivity index (χ3n) is 6.15. The van der Waals surface area contributed by atoms with Crippen LogP contribution in [0.5, 0.6) is 0 Å². The van der Waals surface area contributed by atoms with Crippen molar-refractivity contribution < 1.29 is 13.2 Å². The number of hydrogen-bond acceptors (Lipinski definition) is 5. The van der Waals surface area contributed by atoms with E-state index < -0.39 is 10.0 Å². The molecule has 4 rings (SSSR count). The van der Waals surface area contributed by atoms with Gasteiger partial charge in [0, 0.05) is 18.7 Å². The fraction of sp³-hybridized carbons (Fsp3) is 0.333. The van der Waals surface area contributed by atoms with Gasteiger partial charge in [-0.1, -0.05) is 81.5 Å². The molecule has 1 amide bonds. The van der Waals surface area contributed by atoms with E-state index in [9.17, 15) is 13.2 Å². The van der Waals surface area contributed by atoms with Gasteiger partial charge < -0.3 is 0 Å². The predicted octanol–water partition coefficient (Wildman–Crippen LogP) is 6.75. The first-order valence-electron chi connectivity index (χ1n) is 12.9. The number of aromatic nitrogens is 1. The van der Waals surface area contributed by atoms with Crippen LogP contribution in [0.2, 0.25) is 0 Å². The molecule has 0 saturated carbocycles. The summed E-state index contributed by atoms with van der Waals surface area (Å²) in [5, 5.41) is 0.611. The zero-order valence-corrected chi connectivity index (χ0v) is 24.2. The predicted molar refractivity (Wildman–Crippen MR) is 156 cm³/mol. The first-order valence-corrected chi connectivity index (χ1v) is 15.1. The second-order valence-corrected chi connectivity index (χ2v) is 13.4. The molecular weight excluding hydrogens is 514 g/mol. The highest BCUT2D eigenvalue weighted by Crippen LogP contribution is 2.32. The Morgan fingerprint density at radius 2 is 1.50 bits per heavy atom. The van der Waals surface area contributed by atoms with Crippen LogP contribution < -0.4 is 4.90 Å². The minimum absolute atomic E-state index is 0.195. The number of aryl methyl sites for hydroxylation is 1. The van der Waals surface area contributed by atoms with E-state index in [-0.39, 0.29) is 22.6 Å². The molecule has 0 saturated heterocycles. The standard InChI is InChI=1S/C30H35N3O3S2/c1-21(2)18-32(19-22(3)4)38(35,36)26-16-14-25(15-17-26)29(34)33(20-24-11-7-6-8-12-24)30-31-28-23(5)10-9-13-27(28)37-30/h6-17,21-22H,18-20H2,1-5H3. The lowest BCUT2D eigenvalue weighted by Crippen LogP contribution is -2.37. The molecule has 0 atom stereocenters. The normalized spacial score (nSPS) is 12.1. The quantitative estimate of drug-likeness (QED) is 0.219. The maximum absolute atomic E-state index is 13.8. The molecule has 38 heavy (non-hydrogen) atoms. The molecule has 0 unspecified atom stereocenters. The zero-order valence-electron chi connectivity index (χ0n) is 22.6. The highest BCUT2D eigenvalue weighted by atomic mass is 32.2. The average molecular weight is 550 g/mol. The largest absolute Gasteiger partial charge is 0.279 e. The molecule has 0 bridgehead atoms. The Labute approximate surface area is 230 Å². The van der Waals surface area contributed by atoms with Crippen molar-refractivity contribution >= 4 is 42.6 Å². The monoisotopic (exact) mass is 549 g/mol. The van der Waals surface area contributed by atoms with Crippen LogP contribution in [-0.2, 0) is 16.6 Å². The molecule has 1 heterocycles. The van der Waals surface area contributed by atoms with E-state index >= 15 is 0 Å². The van der Waals surface area contributed by atoms with Crippen molar-refractivity contribution in [1.82, 2.24) is 9.29 Å². The van der Waals surface area contributed by atoms with Crippen LogP contribution >= 0.6 is 11.3 Å². The van der Waals surface area contributed by atoms with Crippen LogP contribution in [-0.4, -0.2) is 36.7 Å². The molecule has 6 nitrogen and oxygen atoms in total. The van der Waals surface area contributed by atoms with Crippen molar-refractivity contribution in [2.45, 2.75) is 46.1 Å². The number of thiazole rings is 1. The van der Waals surface area contributed by atoms with Crippen molar-refractivity contribution in [1.29, 1.82) is 0 Å². The number of hydrogen-bond donors (Lipinski definition) is 0. The number of para-hydroxylation sites is 1. The van der Waals surface area contributed by atoms with Gasteiger partial charge in [0.05, 0.1) is 21.7 Å². The summed E-state index contributed by atoms with van der Waals surface area (Å²) in [7, 11) is -3.68. The van der Waals surface area contributed by atoms with Crippen LogP contribution in [0.3, 0.4) is 0 Å². The summed E-state index contributed by atoms with van der Waals surface area (Å²) in [4.78, 5) is 20.5. The SMILES string of the molecule is Cc1cccc2sc(N(Cc3ccccc3)C(=O)c3ccc(S(=O)(=O)N(CC(C)C)CC(C)C)cc3)nc12. The van der Waals surface area contributed by atoms with Gasteiger partial charge in [-0.3, -0.25) is 9.69 Å². The van der Waals surface area contributed by atoms with Crippen LogP contribution in [0.4, 0.5) is 5.13 Å². The first-order chi connectivity index (χ1) is 18.1. The van der Waals surface area contributed by atoms with Crippen LogP contribution in [0.25, 0.3) is 10.2 Å². The van der Waals surface area contributed by atoms with Gasteiger partial charge >= 0.3 is 0 Å². The summed E-state index contributed by atoms with van der Waals surface area (Å²) in [6.45, 7) is 11.3. The third kappa shape index (κ3) is 6.31. The van der Waals surface area contributed by atoms with Crippen LogP contribution in [0.15, 0.2) is 77.7 Å². The lowest BCUT2D eigenvalue weighted by atomic mass is 10.1. The van der Waals surface area contributed by atoms with Gasteiger partial charge in [-0.15, -0.1) is 0 Å². The summed E-state index contributed by atoms with van der Waals surface area (Å²) in [5.41, 5.74) is 3.33. The zero-order chi connectivity index (χ0) is 27.4. The highest BCUT2D eigenvalue weighted by Gasteiger charge is 2.27. The van der Waals surface area contributed by atoms with Gasteiger partial charge in [0.1, 0.15) is 0 Å². The summed E-state index contributed by atoms with van der Waals surface area (Å²) in [6.07, 6.45) is 0. The van der Waals surface area contributed by atoms with Gasteiger partial charge in [-0.25, -0.2) is 13.4 Å². The van der Waals surface area contributed by atoms with Gasteiger partial charge in [0.25, 0.3) is 5.91 Å². The number of rotatable bonds is 10. The van der Waals surface area contributed by atoms with Crippen LogP contribution in [0.1, 0.15) is 49.2 Å². The van der Waals surface area contributed by atoms with E-state index in [0.29, 0.717) is 30.3 Å². The highest BCUT2D eigenvalue weighted by molar-refractivity contribution is 7.89. The lowest BCUT2D eigenvalue weighted by Gasteiger charge is -2.26. The van der Waals surface area contributed by atoms with Crippen LogP contribution in [0, 0.1) is 18.8 Å². The Morgan fingerprint density at radius 1 is 0.868 bits per heavy atom. The topological polar surface area (TPSA) is 70.6 Å². The molecule has 0 fully saturated rings. The van der Waals surface area contributed by atoms with E-state index in [2.05, 4.69) is 0 Å². The van der Waals surface area contributed by atoms with E-state index in [1.54, 1.807) is 33.5 Å². The van der Waals surface area contributed by atoms with Crippen molar-refractivity contribution in [3.05, 3.63) is 89.5 Å². The average Bonchev–Trinajstić information content (AvgIpc) is 3.32. The molecule has 4 aromatic rings. The Balaban J connectivity index is 1.67.